The molecule has 1 atom stereocenters. The standard InChI is InChI=1S/C20H25N5O3S/c1-29-18-12-17(21-14-22-18)23-24-20(27)15-6-5-10-25(13-15)19(26)9-11-28-16-7-3-2-4-8-16/h2-4,7-8,12,14-15H,5-6,9-11,13H2,1H3,(H,24,27)(H,21,22,23)/t15-/m0/s1. The summed E-state index contributed by atoms with van der Waals surface area (Å²) in [6.45, 7) is 1.41. The molecule has 154 valence electrons. The largest absolute Gasteiger partial charge is 0.493 e. The van der Waals surface area contributed by atoms with Crippen molar-refractivity contribution < 1.29 is 14.3 Å². The van der Waals surface area contributed by atoms with E-state index in [1.807, 2.05) is 36.6 Å². The SMILES string of the molecule is CSc1cc(NNC(=O)[C@H]2CCCN(C(=O)CCOc3ccccc3)C2)ncn1. The van der Waals surface area contributed by atoms with E-state index < -0.39 is 0 Å². The third-order valence-electron chi connectivity index (χ3n) is 4.64. The fraction of sp³-hybridized carbons (Fsp3) is 0.400. The maximum atomic E-state index is 12.5. The number of nitrogens with one attached hydrogen (secondary N) is 2. The summed E-state index contributed by atoms with van der Waals surface area (Å²) < 4.78 is 5.60. The summed E-state index contributed by atoms with van der Waals surface area (Å²) in [5, 5.41) is 0.809. The molecule has 1 aromatic heterocycles. The van der Waals surface area contributed by atoms with E-state index in [4.69, 9.17) is 4.74 Å². The van der Waals surface area contributed by atoms with E-state index >= 15 is 0 Å². The van der Waals surface area contributed by atoms with Crippen LogP contribution < -0.4 is 15.6 Å². The quantitative estimate of drug-likeness (QED) is 0.388. The summed E-state index contributed by atoms with van der Waals surface area (Å²) in [6.07, 6.45) is 5.20. The zero-order valence-electron chi connectivity index (χ0n) is 16.3. The van der Waals surface area contributed by atoms with Crippen molar-refractivity contribution >= 4 is 29.4 Å². The highest BCUT2D eigenvalue weighted by Gasteiger charge is 2.28. The van der Waals surface area contributed by atoms with Crippen LogP contribution in [0, 0.1) is 5.92 Å². The molecule has 2 heterocycles. The summed E-state index contributed by atoms with van der Waals surface area (Å²) in [4.78, 5) is 34.9. The summed E-state index contributed by atoms with van der Waals surface area (Å²) >= 11 is 1.50. The Morgan fingerprint density at radius 1 is 1.28 bits per heavy atom. The van der Waals surface area contributed by atoms with Crippen LogP contribution >= 0.6 is 11.8 Å². The molecule has 2 aromatic rings. The van der Waals surface area contributed by atoms with Gasteiger partial charge in [-0.1, -0.05) is 18.2 Å². The van der Waals surface area contributed by atoms with E-state index in [0.29, 0.717) is 31.9 Å². The molecular weight excluding hydrogens is 390 g/mol. The monoisotopic (exact) mass is 415 g/mol. The number of rotatable bonds is 8. The molecular formula is C20H25N5O3S. The molecule has 1 fully saturated rings. The maximum absolute atomic E-state index is 12.5. The molecule has 1 aliphatic heterocycles. The fourth-order valence-corrected chi connectivity index (χ4v) is 3.48. The minimum absolute atomic E-state index is 0.00630. The van der Waals surface area contributed by atoms with Crippen molar-refractivity contribution in [2.75, 3.05) is 31.4 Å². The first kappa shape index (κ1) is 20.9. The van der Waals surface area contributed by atoms with Crippen LogP contribution in [-0.4, -0.2) is 52.6 Å². The van der Waals surface area contributed by atoms with Crippen molar-refractivity contribution in [2.24, 2.45) is 5.92 Å². The average molecular weight is 416 g/mol. The fourth-order valence-electron chi connectivity index (χ4n) is 3.10. The molecule has 1 aliphatic rings. The molecule has 9 heteroatoms. The van der Waals surface area contributed by atoms with Crippen molar-refractivity contribution in [3.63, 3.8) is 0 Å². The number of hydrogen-bond acceptors (Lipinski definition) is 7. The first-order chi connectivity index (χ1) is 14.2. The van der Waals surface area contributed by atoms with E-state index in [9.17, 15) is 9.59 Å². The minimum Gasteiger partial charge on any atom is -0.493 e. The number of hydrogen-bond donors (Lipinski definition) is 2. The number of amides is 2. The van der Waals surface area contributed by atoms with Gasteiger partial charge in [-0.05, 0) is 31.2 Å². The predicted octanol–water partition coefficient (Wildman–Crippen LogP) is 2.35. The first-order valence-corrected chi connectivity index (χ1v) is 10.8. The van der Waals surface area contributed by atoms with Gasteiger partial charge in [-0.15, -0.1) is 11.8 Å². The average Bonchev–Trinajstić information content (AvgIpc) is 2.78. The summed E-state index contributed by atoms with van der Waals surface area (Å²) in [5.41, 5.74) is 5.52. The van der Waals surface area contributed by atoms with Crippen molar-refractivity contribution in [3.05, 3.63) is 42.7 Å². The second-order valence-electron chi connectivity index (χ2n) is 6.65. The summed E-state index contributed by atoms with van der Waals surface area (Å²) in [7, 11) is 0. The van der Waals surface area contributed by atoms with Crippen LogP contribution in [-0.2, 0) is 9.59 Å². The number of likely N-dealkylation sites (tertiary alicyclic amines) is 1. The van der Waals surface area contributed by atoms with E-state index in [2.05, 4.69) is 20.8 Å². The van der Waals surface area contributed by atoms with Gasteiger partial charge in [-0.3, -0.25) is 20.4 Å². The third-order valence-corrected chi connectivity index (χ3v) is 5.28. The zero-order valence-corrected chi connectivity index (χ0v) is 17.2. The smallest absolute Gasteiger partial charge is 0.243 e. The topological polar surface area (TPSA) is 96.5 Å². The Balaban J connectivity index is 1.43. The number of benzene rings is 1. The number of ether oxygens (including phenoxy) is 1. The van der Waals surface area contributed by atoms with Crippen molar-refractivity contribution in [3.8, 4) is 5.75 Å². The van der Waals surface area contributed by atoms with Crippen LogP contribution in [0.1, 0.15) is 19.3 Å². The number of anilines is 1. The molecule has 3 rings (SSSR count). The van der Waals surface area contributed by atoms with Gasteiger partial charge in [-0.25, -0.2) is 9.97 Å². The second kappa shape index (κ2) is 10.7. The third kappa shape index (κ3) is 6.35. The van der Waals surface area contributed by atoms with Gasteiger partial charge < -0.3 is 9.64 Å². The van der Waals surface area contributed by atoms with Gasteiger partial charge in [0.05, 0.1) is 18.9 Å². The molecule has 0 radical (unpaired) electrons. The summed E-state index contributed by atoms with van der Waals surface area (Å²) in [5.74, 6) is 0.882. The van der Waals surface area contributed by atoms with Crippen molar-refractivity contribution in [1.29, 1.82) is 0 Å². The van der Waals surface area contributed by atoms with E-state index in [0.717, 1.165) is 23.6 Å². The van der Waals surface area contributed by atoms with Crippen molar-refractivity contribution in [1.82, 2.24) is 20.3 Å². The lowest BCUT2D eigenvalue weighted by atomic mass is 9.97. The van der Waals surface area contributed by atoms with Crippen molar-refractivity contribution in [2.45, 2.75) is 24.3 Å². The van der Waals surface area contributed by atoms with Gasteiger partial charge >= 0.3 is 0 Å². The van der Waals surface area contributed by atoms with Crippen LogP contribution in [0.25, 0.3) is 0 Å². The van der Waals surface area contributed by atoms with E-state index in [1.165, 1.54) is 18.1 Å². The van der Waals surface area contributed by atoms with Crippen LogP contribution in [0.2, 0.25) is 0 Å². The maximum Gasteiger partial charge on any atom is 0.243 e. The number of para-hydroxylation sites is 1. The molecule has 0 aliphatic carbocycles. The van der Waals surface area contributed by atoms with Gasteiger partial charge in [0.2, 0.25) is 11.8 Å². The molecule has 0 spiro atoms. The molecule has 2 amide bonds. The molecule has 0 bridgehead atoms. The van der Waals surface area contributed by atoms with Crippen LogP contribution in [0.15, 0.2) is 47.8 Å². The number of thioether (sulfide) groups is 1. The lowest BCUT2D eigenvalue weighted by Crippen LogP contribution is -2.46. The van der Waals surface area contributed by atoms with Gasteiger partial charge in [0, 0.05) is 19.2 Å². The molecule has 29 heavy (non-hydrogen) atoms. The molecule has 0 unspecified atom stereocenters. The van der Waals surface area contributed by atoms with E-state index in [1.54, 1.807) is 11.0 Å². The molecule has 8 nitrogen and oxygen atoms in total. The number of hydrazine groups is 1. The zero-order chi connectivity index (χ0) is 20.5. The normalized spacial score (nSPS) is 16.2. The Kier molecular flexibility index (Phi) is 7.69. The highest BCUT2D eigenvalue weighted by atomic mass is 32.2. The van der Waals surface area contributed by atoms with Crippen LogP contribution in [0.3, 0.4) is 0 Å². The number of nitrogens with zero attached hydrogens (tertiary/aromatic N) is 3. The van der Waals surface area contributed by atoms with E-state index in [-0.39, 0.29) is 17.7 Å². The second-order valence-corrected chi connectivity index (χ2v) is 7.48. The lowest BCUT2D eigenvalue weighted by molar-refractivity contribution is -0.136. The number of aromatic nitrogens is 2. The Hall–Kier alpha value is -2.81. The highest BCUT2D eigenvalue weighted by molar-refractivity contribution is 7.98. The van der Waals surface area contributed by atoms with Crippen LogP contribution in [0.5, 0.6) is 5.75 Å². The predicted molar refractivity (Wildman–Crippen MR) is 111 cm³/mol. The van der Waals surface area contributed by atoms with Gasteiger partial charge in [-0.2, -0.15) is 0 Å². The number of piperidine rings is 1. The molecule has 1 aromatic carbocycles. The first-order valence-electron chi connectivity index (χ1n) is 9.53. The molecule has 0 saturated carbocycles. The Labute approximate surface area is 174 Å². The Morgan fingerprint density at radius 3 is 2.90 bits per heavy atom. The minimum atomic E-state index is -0.253. The number of carbonyl (C=O) groups excluding carboxylic acids is 2. The molecule has 1 saturated heterocycles. The van der Waals surface area contributed by atoms with Crippen LogP contribution in [0.4, 0.5) is 5.82 Å². The Bertz CT molecular complexity index is 821. The molecule has 2 N–H and O–H groups in total. The lowest BCUT2D eigenvalue weighted by Gasteiger charge is -2.32. The summed E-state index contributed by atoms with van der Waals surface area (Å²) in [6, 6.07) is 11.2. The highest BCUT2D eigenvalue weighted by Crippen LogP contribution is 2.18. The number of carbonyl (C=O) groups is 2. The Morgan fingerprint density at radius 2 is 2.10 bits per heavy atom. The van der Waals surface area contributed by atoms with Gasteiger partial charge in [0.15, 0.2) is 0 Å². The van der Waals surface area contributed by atoms with Gasteiger partial charge in [0.1, 0.15) is 22.9 Å². The van der Waals surface area contributed by atoms with Gasteiger partial charge in [0.25, 0.3) is 0 Å².